The van der Waals surface area contributed by atoms with Crippen LogP contribution in [0.1, 0.15) is 13.8 Å². The molecule has 0 aliphatic heterocycles. The summed E-state index contributed by atoms with van der Waals surface area (Å²) in [6.45, 7) is 3.70. The minimum atomic E-state index is -0.887. The van der Waals surface area contributed by atoms with Crippen LogP contribution in [0.25, 0.3) is 11.0 Å². The van der Waals surface area contributed by atoms with E-state index in [9.17, 15) is 4.79 Å². The van der Waals surface area contributed by atoms with Gasteiger partial charge in [0.2, 0.25) is 0 Å². The van der Waals surface area contributed by atoms with Crippen LogP contribution in [-0.4, -0.2) is 22.1 Å². The second-order valence-corrected chi connectivity index (χ2v) is 4.20. The van der Waals surface area contributed by atoms with Gasteiger partial charge in [-0.05, 0) is 18.1 Å². The summed E-state index contributed by atoms with van der Waals surface area (Å²) < 4.78 is 5.23. The number of furan rings is 1. The van der Waals surface area contributed by atoms with Gasteiger partial charge < -0.3 is 14.8 Å². The molecule has 5 nitrogen and oxygen atoms in total. The van der Waals surface area contributed by atoms with Gasteiger partial charge in [0.1, 0.15) is 17.4 Å². The molecule has 2 heterocycles. The van der Waals surface area contributed by atoms with Gasteiger partial charge in [0.25, 0.3) is 0 Å². The quantitative estimate of drug-likeness (QED) is 0.849. The van der Waals surface area contributed by atoms with Crippen molar-refractivity contribution in [3.63, 3.8) is 0 Å². The molecule has 90 valence electrons. The number of hydrogen-bond acceptors (Lipinski definition) is 4. The molecule has 0 bridgehead atoms. The monoisotopic (exact) mass is 234 g/mol. The van der Waals surface area contributed by atoms with E-state index in [4.69, 9.17) is 9.52 Å². The Labute approximate surface area is 98.5 Å². The van der Waals surface area contributed by atoms with Gasteiger partial charge in [-0.25, -0.2) is 9.78 Å². The van der Waals surface area contributed by atoms with E-state index in [2.05, 4.69) is 10.3 Å². The van der Waals surface area contributed by atoms with Crippen molar-refractivity contribution in [2.24, 2.45) is 5.92 Å². The summed E-state index contributed by atoms with van der Waals surface area (Å²) in [5.41, 5.74) is 0.690. The van der Waals surface area contributed by atoms with Gasteiger partial charge in [-0.15, -0.1) is 0 Å². The lowest BCUT2D eigenvalue weighted by molar-refractivity contribution is -0.138. The molecule has 0 aliphatic rings. The second kappa shape index (κ2) is 4.45. The molecule has 0 saturated carbocycles. The zero-order valence-corrected chi connectivity index (χ0v) is 9.68. The molecule has 0 aliphatic carbocycles. The number of aromatic nitrogens is 1. The van der Waals surface area contributed by atoms with E-state index in [1.165, 1.54) is 0 Å². The van der Waals surface area contributed by atoms with Gasteiger partial charge in [-0.3, -0.25) is 0 Å². The van der Waals surface area contributed by atoms with Crippen molar-refractivity contribution in [3.05, 3.63) is 24.6 Å². The molecule has 17 heavy (non-hydrogen) atoms. The fourth-order valence-corrected chi connectivity index (χ4v) is 1.67. The number of aliphatic carboxylic acids is 1. The average molecular weight is 234 g/mol. The van der Waals surface area contributed by atoms with E-state index in [-0.39, 0.29) is 5.92 Å². The maximum Gasteiger partial charge on any atom is 0.326 e. The van der Waals surface area contributed by atoms with E-state index in [0.29, 0.717) is 11.4 Å². The fourth-order valence-electron chi connectivity index (χ4n) is 1.67. The van der Waals surface area contributed by atoms with E-state index in [1.54, 1.807) is 24.6 Å². The molecule has 2 aromatic rings. The molecular formula is C12H14N2O3. The Balaban J connectivity index is 2.34. The average Bonchev–Trinajstić information content (AvgIpc) is 2.73. The maximum atomic E-state index is 11.1. The Kier molecular flexibility index (Phi) is 2.99. The van der Waals surface area contributed by atoms with Crippen molar-refractivity contribution in [3.8, 4) is 0 Å². The Morgan fingerprint density at radius 2 is 2.24 bits per heavy atom. The number of carboxylic acid groups (broad SMARTS) is 1. The molecule has 2 aromatic heterocycles. The molecule has 0 amide bonds. The lowest BCUT2D eigenvalue weighted by atomic mass is 10.0. The van der Waals surface area contributed by atoms with Crippen molar-refractivity contribution in [1.82, 2.24) is 4.98 Å². The Bertz CT molecular complexity index is 533. The van der Waals surface area contributed by atoms with Crippen LogP contribution >= 0.6 is 0 Å². The van der Waals surface area contributed by atoms with Crippen LogP contribution in [0.3, 0.4) is 0 Å². The summed E-state index contributed by atoms with van der Waals surface area (Å²) in [7, 11) is 0. The number of carbonyl (C=O) groups is 1. The summed E-state index contributed by atoms with van der Waals surface area (Å²) in [5.74, 6) is -0.379. The zero-order valence-electron chi connectivity index (χ0n) is 9.68. The lowest BCUT2D eigenvalue weighted by Crippen LogP contribution is -2.34. The molecular weight excluding hydrogens is 220 g/mol. The zero-order chi connectivity index (χ0) is 12.4. The van der Waals surface area contributed by atoms with Crippen molar-refractivity contribution >= 4 is 22.8 Å². The Morgan fingerprint density at radius 1 is 1.47 bits per heavy atom. The second-order valence-electron chi connectivity index (χ2n) is 4.20. The minimum absolute atomic E-state index is 0.0311. The molecule has 0 fully saturated rings. The standard InChI is InChI=1S/C12H14N2O3/c1-7(2)10(12(15)16)14-11-8-4-6-17-9(8)3-5-13-11/h3-7,10H,1-2H3,(H,13,14)(H,15,16)/t10-/m1/s1. The first-order chi connectivity index (χ1) is 8.09. The van der Waals surface area contributed by atoms with Crippen LogP contribution < -0.4 is 5.32 Å². The summed E-state index contributed by atoms with van der Waals surface area (Å²) in [6, 6.07) is 2.85. The summed E-state index contributed by atoms with van der Waals surface area (Å²) >= 11 is 0. The highest BCUT2D eigenvalue weighted by Crippen LogP contribution is 2.23. The third-order valence-corrected chi connectivity index (χ3v) is 2.60. The number of carboxylic acids is 1. The summed E-state index contributed by atoms with van der Waals surface area (Å²) in [5, 5.41) is 12.8. The predicted molar refractivity (Wildman–Crippen MR) is 63.9 cm³/mol. The first-order valence-electron chi connectivity index (χ1n) is 5.41. The molecule has 1 atom stereocenters. The lowest BCUT2D eigenvalue weighted by Gasteiger charge is -2.18. The number of nitrogens with one attached hydrogen (secondary N) is 1. The van der Waals surface area contributed by atoms with Crippen LogP contribution in [0.4, 0.5) is 5.82 Å². The highest BCUT2D eigenvalue weighted by atomic mass is 16.4. The van der Waals surface area contributed by atoms with E-state index < -0.39 is 12.0 Å². The Hall–Kier alpha value is -2.04. The molecule has 5 heteroatoms. The van der Waals surface area contributed by atoms with Gasteiger partial charge in [0, 0.05) is 6.20 Å². The fraction of sp³-hybridized carbons (Fsp3) is 0.333. The number of nitrogens with zero attached hydrogens (tertiary/aromatic N) is 1. The predicted octanol–water partition coefficient (Wildman–Crippen LogP) is 2.35. The molecule has 0 saturated heterocycles. The van der Waals surface area contributed by atoms with Crippen molar-refractivity contribution in [2.75, 3.05) is 5.32 Å². The molecule has 0 radical (unpaired) electrons. The number of rotatable bonds is 4. The normalized spacial score (nSPS) is 12.9. The third kappa shape index (κ3) is 2.22. The molecule has 0 unspecified atom stereocenters. The first-order valence-corrected chi connectivity index (χ1v) is 5.41. The first kappa shape index (κ1) is 11.4. The minimum Gasteiger partial charge on any atom is -0.480 e. The van der Waals surface area contributed by atoms with Crippen molar-refractivity contribution in [1.29, 1.82) is 0 Å². The topological polar surface area (TPSA) is 75.4 Å². The van der Waals surface area contributed by atoms with E-state index in [0.717, 1.165) is 5.39 Å². The number of hydrogen-bond donors (Lipinski definition) is 2. The maximum absolute atomic E-state index is 11.1. The van der Waals surface area contributed by atoms with Gasteiger partial charge in [0.05, 0.1) is 11.6 Å². The molecule has 2 rings (SSSR count). The van der Waals surface area contributed by atoms with Crippen LogP contribution in [0.5, 0.6) is 0 Å². The Morgan fingerprint density at radius 3 is 2.88 bits per heavy atom. The van der Waals surface area contributed by atoms with Crippen LogP contribution in [0.15, 0.2) is 29.0 Å². The van der Waals surface area contributed by atoms with Crippen molar-refractivity contribution in [2.45, 2.75) is 19.9 Å². The van der Waals surface area contributed by atoms with Gasteiger partial charge in [-0.1, -0.05) is 13.8 Å². The molecule has 2 N–H and O–H groups in total. The number of pyridine rings is 1. The van der Waals surface area contributed by atoms with E-state index >= 15 is 0 Å². The summed E-state index contributed by atoms with van der Waals surface area (Å²) in [4.78, 5) is 15.3. The number of fused-ring (bicyclic) bond motifs is 1. The van der Waals surface area contributed by atoms with Gasteiger partial charge >= 0.3 is 5.97 Å². The van der Waals surface area contributed by atoms with Gasteiger partial charge in [-0.2, -0.15) is 0 Å². The smallest absolute Gasteiger partial charge is 0.326 e. The SMILES string of the molecule is CC(C)[C@@H](Nc1nccc2occc12)C(=O)O. The number of anilines is 1. The van der Waals surface area contributed by atoms with Crippen LogP contribution in [0, 0.1) is 5.92 Å². The highest BCUT2D eigenvalue weighted by Gasteiger charge is 2.22. The largest absolute Gasteiger partial charge is 0.480 e. The molecule has 0 aromatic carbocycles. The van der Waals surface area contributed by atoms with Crippen LogP contribution in [0.2, 0.25) is 0 Å². The van der Waals surface area contributed by atoms with Gasteiger partial charge in [0.15, 0.2) is 0 Å². The van der Waals surface area contributed by atoms with Crippen molar-refractivity contribution < 1.29 is 14.3 Å². The van der Waals surface area contributed by atoms with Crippen LogP contribution in [-0.2, 0) is 4.79 Å². The highest BCUT2D eigenvalue weighted by molar-refractivity contribution is 5.90. The third-order valence-electron chi connectivity index (χ3n) is 2.60. The summed E-state index contributed by atoms with van der Waals surface area (Å²) in [6.07, 6.45) is 3.15. The van der Waals surface area contributed by atoms with E-state index in [1.807, 2.05) is 13.8 Å². The molecule has 0 spiro atoms.